The van der Waals surface area contributed by atoms with Gasteiger partial charge in [0.2, 0.25) is 0 Å². The van der Waals surface area contributed by atoms with Gasteiger partial charge in [-0.1, -0.05) is 12.1 Å². The van der Waals surface area contributed by atoms with Gasteiger partial charge in [0.15, 0.2) is 0 Å². The van der Waals surface area contributed by atoms with Gasteiger partial charge in [0.05, 0.1) is 0 Å². The average molecular weight is 261 g/mol. The van der Waals surface area contributed by atoms with Crippen LogP contribution in [0.1, 0.15) is 25.3 Å². The normalized spacial score (nSPS) is 24.7. The molecule has 2 unspecified atom stereocenters. The molecule has 1 aromatic rings. The smallest absolute Gasteiger partial charge is 0.0342 e. The maximum atomic E-state index is 3.67. The molecule has 0 radical (unpaired) electrons. The highest BCUT2D eigenvalue weighted by molar-refractivity contribution is 5.45. The van der Waals surface area contributed by atoms with Gasteiger partial charge >= 0.3 is 0 Å². The van der Waals surface area contributed by atoms with Crippen LogP contribution in [-0.4, -0.2) is 49.6 Å². The lowest BCUT2D eigenvalue weighted by Gasteiger charge is -2.35. The Morgan fingerprint density at radius 3 is 2.53 bits per heavy atom. The standard InChI is InChI=1S/C16H27N3/c1-13-11-16(9-10-19(13)4)17-15-7-5-14(6-8-15)12-18(2)3/h5-8,13,16-17H,9-12H2,1-4H3. The van der Waals surface area contributed by atoms with E-state index in [1.807, 2.05) is 0 Å². The summed E-state index contributed by atoms with van der Waals surface area (Å²) in [5, 5.41) is 3.67. The van der Waals surface area contributed by atoms with Gasteiger partial charge < -0.3 is 15.1 Å². The van der Waals surface area contributed by atoms with Gasteiger partial charge in [0, 0.05) is 30.9 Å². The van der Waals surface area contributed by atoms with E-state index in [4.69, 9.17) is 0 Å². The summed E-state index contributed by atoms with van der Waals surface area (Å²) < 4.78 is 0. The molecular formula is C16H27N3. The first-order valence-electron chi connectivity index (χ1n) is 7.25. The van der Waals surface area contributed by atoms with Crippen molar-refractivity contribution in [1.29, 1.82) is 0 Å². The molecule has 0 amide bonds. The summed E-state index contributed by atoms with van der Waals surface area (Å²) in [5.41, 5.74) is 2.62. The Morgan fingerprint density at radius 2 is 1.95 bits per heavy atom. The van der Waals surface area contributed by atoms with E-state index in [9.17, 15) is 0 Å². The van der Waals surface area contributed by atoms with Gasteiger partial charge in [0.25, 0.3) is 0 Å². The second-order valence-electron chi connectivity index (χ2n) is 6.13. The van der Waals surface area contributed by atoms with Gasteiger partial charge in [0.1, 0.15) is 0 Å². The summed E-state index contributed by atoms with van der Waals surface area (Å²) in [6.45, 7) is 4.51. The molecule has 2 atom stereocenters. The summed E-state index contributed by atoms with van der Waals surface area (Å²) in [7, 11) is 6.43. The first-order chi connectivity index (χ1) is 9.04. The first-order valence-corrected chi connectivity index (χ1v) is 7.25. The third-order valence-corrected chi connectivity index (χ3v) is 4.03. The number of hydrogen-bond donors (Lipinski definition) is 1. The molecule has 106 valence electrons. The molecule has 1 aliphatic heterocycles. The van der Waals surface area contributed by atoms with E-state index >= 15 is 0 Å². The third kappa shape index (κ3) is 4.22. The Kier molecular flexibility index (Phi) is 4.83. The predicted molar refractivity (Wildman–Crippen MR) is 82.6 cm³/mol. The zero-order valence-corrected chi connectivity index (χ0v) is 12.7. The van der Waals surface area contributed by atoms with Gasteiger partial charge in [-0.15, -0.1) is 0 Å². The SMILES string of the molecule is CC1CC(Nc2ccc(CN(C)C)cc2)CCN1C. The predicted octanol–water partition coefficient (Wildman–Crippen LogP) is 2.64. The van der Waals surface area contributed by atoms with Crippen LogP contribution in [-0.2, 0) is 6.54 Å². The minimum atomic E-state index is 0.617. The van der Waals surface area contributed by atoms with Crippen LogP contribution in [0.2, 0.25) is 0 Å². The highest BCUT2D eigenvalue weighted by atomic mass is 15.1. The highest BCUT2D eigenvalue weighted by Crippen LogP contribution is 2.20. The van der Waals surface area contributed by atoms with Crippen molar-refractivity contribution in [3.8, 4) is 0 Å². The molecule has 1 aliphatic rings. The van der Waals surface area contributed by atoms with Crippen molar-refractivity contribution in [2.75, 3.05) is 33.0 Å². The number of piperidine rings is 1. The fourth-order valence-corrected chi connectivity index (χ4v) is 2.73. The lowest BCUT2D eigenvalue weighted by atomic mass is 9.98. The van der Waals surface area contributed by atoms with E-state index in [1.165, 1.54) is 30.6 Å². The van der Waals surface area contributed by atoms with E-state index in [0.717, 1.165) is 6.54 Å². The highest BCUT2D eigenvalue weighted by Gasteiger charge is 2.22. The maximum absolute atomic E-state index is 3.67. The van der Waals surface area contributed by atoms with Crippen molar-refractivity contribution in [3.05, 3.63) is 29.8 Å². The van der Waals surface area contributed by atoms with Crippen molar-refractivity contribution in [3.63, 3.8) is 0 Å². The van der Waals surface area contributed by atoms with Crippen LogP contribution in [0.3, 0.4) is 0 Å². The minimum absolute atomic E-state index is 0.617. The van der Waals surface area contributed by atoms with Crippen molar-refractivity contribution in [1.82, 2.24) is 9.80 Å². The first kappa shape index (κ1) is 14.4. The Labute approximate surface area is 117 Å². The molecule has 1 fully saturated rings. The topological polar surface area (TPSA) is 18.5 Å². The number of rotatable bonds is 4. The molecule has 1 N–H and O–H groups in total. The molecule has 0 aliphatic carbocycles. The Morgan fingerprint density at radius 1 is 1.26 bits per heavy atom. The molecule has 19 heavy (non-hydrogen) atoms. The molecule has 1 heterocycles. The molecule has 3 nitrogen and oxygen atoms in total. The number of likely N-dealkylation sites (tertiary alicyclic amines) is 1. The van der Waals surface area contributed by atoms with Crippen LogP contribution in [0, 0.1) is 0 Å². The fraction of sp³-hybridized carbons (Fsp3) is 0.625. The molecule has 0 aromatic heterocycles. The van der Waals surface area contributed by atoms with Crippen molar-refractivity contribution in [2.24, 2.45) is 0 Å². The second kappa shape index (κ2) is 6.40. The molecule has 2 rings (SSSR count). The van der Waals surface area contributed by atoms with E-state index in [2.05, 4.69) is 67.4 Å². The molecular weight excluding hydrogens is 234 g/mol. The van der Waals surface area contributed by atoms with Gasteiger partial charge in [-0.2, -0.15) is 0 Å². The largest absolute Gasteiger partial charge is 0.382 e. The number of benzene rings is 1. The Bertz CT molecular complexity index is 385. The summed E-state index contributed by atoms with van der Waals surface area (Å²) >= 11 is 0. The summed E-state index contributed by atoms with van der Waals surface area (Å²) in [4.78, 5) is 4.64. The van der Waals surface area contributed by atoms with Crippen LogP contribution in [0.5, 0.6) is 0 Å². The Balaban J connectivity index is 1.89. The molecule has 3 heteroatoms. The summed E-state index contributed by atoms with van der Waals surface area (Å²) in [6.07, 6.45) is 2.47. The van der Waals surface area contributed by atoms with Crippen LogP contribution in [0.25, 0.3) is 0 Å². The number of nitrogens with one attached hydrogen (secondary N) is 1. The lowest BCUT2D eigenvalue weighted by Crippen LogP contribution is -2.42. The van der Waals surface area contributed by atoms with E-state index in [0.29, 0.717) is 12.1 Å². The van der Waals surface area contributed by atoms with Crippen molar-refractivity contribution < 1.29 is 0 Å². The zero-order chi connectivity index (χ0) is 13.8. The van der Waals surface area contributed by atoms with E-state index < -0.39 is 0 Å². The van der Waals surface area contributed by atoms with Crippen molar-refractivity contribution in [2.45, 2.75) is 38.4 Å². The number of nitrogens with zero attached hydrogens (tertiary/aromatic N) is 2. The minimum Gasteiger partial charge on any atom is -0.382 e. The Hall–Kier alpha value is -1.06. The van der Waals surface area contributed by atoms with Crippen LogP contribution in [0.15, 0.2) is 24.3 Å². The fourth-order valence-electron chi connectivity index (χ4n) is 2.73. The van der Waals surface area contributed by atoms with Crippen molar-refractivity contribution >= 4 is 5.69 Å². The van der Waals surface area contributed by atoms with Gasteiger partial charge in [-0.3, -0.25) is 0 Å². The van der Waals surface area contributed by atoms with Gasteiger partial charge in [-0.25, -0.2) is 0 Å². The monoisotopic (exact) mass is 261 g/mol. The van der Waals surface area contributed by atoms with Crippen LogP contribution < -0.4 is 5.32 Å². The van der Waals surface area contributed by atoms with Crippen LogP contribution >= 0.6 is 0 Å². The van der Waals surface area contributed by atoms with E-state index in [1.54, 1.807) is 0 Å². The average Bonchev–Trinajstić information content (AvgIpc) is 2.36. The summed E-state index contributed by atoms with van der Waals surface area (Å²) in [5.74, 6) is 0. The molecule has 0 bridgehead atoms. The quantitative estimate of drug-likeness (QED) is 0.899. The number of hydrogen-bond acceptors (Lipinski definition) is 3. The maximum Gasteiger partial charge on any atom is 0.0342 e. The third-order valence-electron chi connectivity index (χ3n) is 4.03. The summed E-state index contributed by atoms with van der Waals surface area (Å²) in [6, 6.07) is 10.2. The van der Waals surface area contributed by atoms with Crippen LogP contribution in [0.4, 0.5) is 5.69 Å². The van der Waals surface area contributed by atoms with E-state index in [-0.39, 0.29) is 0 Å². The van der Waals surface area contributed by atoms with Gasteiger partial charge in [-0.05, 0) is 58.6 Å². The second-order valence-corrected chi connectivity index (χ2v) is 6.13. The number of anilines is 1. The lowest BCUT2D eigenvalue weighted by molar-refractivity contribution is 0.190. The molecule has 1 saturated heterocycles. The molecule has 0 saturated carbocycles. The molecule has 0 spiro atoms. The molecule has 1 aromatic carbocycles. The zero-order valence-electron chi connectivity index (χ0n) is 12.7.